The van der Waals surface area contributed by atoms with Crippen LogP contribution in [0.4, 0.5) is 0 Å². The molecule has 0 aromatic heterocycles. The second-order valence-electron chi connectivity index (χ2n) is 15.8. The number of hydrogen-bond acceptors (Lipinski definition) is 4. The highest BCUT2D eigenvalue weighted by Crippen LogP contribution is 2.77. The van der Waals surface area contributed by atoms with Gasteiger partial charge in [0.15, 0.2) is 0 Å². The van der Waals surface area contributed by atoms with E-state index in [0.29, 0.717) is 36.2 Å². The maximum atomic E-state index is 12.2. The highest BCUT2D eigenvalue weighted by atomic mass is 16.5. The minimum atomic E-state index is -0.292. The first kappa shape index (κ1) is 29.6. The molecule has 0 aromatic carbocycles. The van der Waals surface area contributed by atoms with E-state index in [1.807, 2.05) is 0 Å². The molecule has 0 unspecified atom stereocenters. The van der Waals surface area contributed by atoms with E-state index in [9.17, 15) is 9.59 Å². The normalized spacial score (nSPS) is 47.0. The van der Waals surface area contributed by atoms with E-state index >= 15 is 0 Å². The maximum absolute atomic E-state index is 12.2. The van der Waals surface area contributed by atoms with Crippen LogP contribution in [-0.4, -0.2) is 24.6 Å². The molecule has 0 amide bonds. The molecule has 222 valence electrons. The van der Waals surface area contributed by atoms with Crippen LogP contribution in [0.2, 0.25) is 0 Å². The Morgan fingerprint density at radius 2 is 1.50 bits per heavy atom. The first-order valence-corrected chi connectivity index (χ1v) is 16.0. The van der Waals surface area contributed by atoms with E-state index in [1.54, 1.807) is 0 Å². The standard InChI is InChI=1S/C36H54O4/c1-10-29(37)39-22-36-19-14-24(23(3)4)31(36)25-12-13-27-33(7)17-16-28(40-30(38)11-2)32(5,6)26(33)15-18-35(27,9)34(25,8)20-21-36/h10-11,24-28,31H,1-3,12-22H2,4-9H3/t24-,25+,26-,27+,28-,31+,33-,34+,35+,36+/m0/s1. The van der Waals surface area contributed by atoms with Gasteiger partial charge in [0.25, 0.3) is 0 Å². The van der Waals surface area contributed by atoms with Crippen molar-refractivity contribution in [2.45, 2.75) is 112 Å². The topological polar surface area (TPSA) is 52.6 Å². The molecule has 5 aliphatic rings. The number of allylic oxidation sites excluding steroid dienone is 1. The molecule has 0 aliphatic heterocycles. The molecule has 0 spiro atoms. The summed E-state index contributed by atoms with van der Waals surface area (Å²) in [6, 6.07) is 0. The average Bonchev–Trinajstić information content (AvgIpc) is 3.29. The predicted molar refractivity (Wildman–Crippen MR) is 160 cm³/mol. The quantitative estimate of drug-likeness (QED) is 0.189. The third-order valence-corrected chi connectivity index (χ3v) is 14.3. The zero-order valence-electron chi connectivity index (χ0n) is 26.2. The fourth-order valence-corrected chi connectivity index (χ4v) is 12.2. The Kier molecular flexibility index (Phi) is 7.32. The van der Waals surface area contributed by atoms with E-state index < -0.39 is 0 Å². The first-order chi connectivity index (χ1) is 18.7. The van der Waals surface area contributed by atoms with Gasteiger partial charge in [-0.2, -0.15) is 0 Å². The fraction of sp³-hybridized carbons (Fsp3) is 0.778. The number of hydrogen-bond donors (Lipinski definition) is 0. The van der Waals surface area contributed by atoms with Crippen LogP contribution in [0.1, 0.15) is 106 Å². The van der Waals surface area contributed by atoms with Gasteiger partial charge in [-0.1, -0.05) is 59.9 Å². The maximum Gasteiger partial charge on any atom is 0.330 e. The second kappa shape index (κ2) is 9.87. The Hall–Kier alpha value is -1.84. The van der Waals surface area contributed by atoms with Gasteiger partial charge < -0.3 is 9.47 Å². The molecular weight excluding hydrogens is 496 g/mol. The number of fused-ring (bicyclic) bond motifs is 7. The third-order valence-electron chi connectivity index (χ3n) is 14.3. The Morgan fingerprint density at radius 3 is 2.15 bits per heavy atom. The van der Waals surface area contributed by atoms with Crippen molar-refractivity contribution < 1.29 is 19.1 Å². The minimum Gasteiger partial charge on any atom is -0.462 e. The molecule has 4 heteroatoms. The van der Waals surface area contributed by atoms with Gasteiger partial charge in [0.1, 0.15) is 6.10 Å². The van der Waals surface area contributed by atoms with E-state index in [4.69, 9.17) is 9.47 Å². The lowest BCUT2D eigenvalue weighted by atomic mass is 9.32. The van der Waals surface area contributed by atoms with E-state index in [2.05, 4.69) is 61.3 Å². The van der Waals surface area contributed by atoms with Crippen LogP contribution in [0, 0.1) is 56.7 Å². The fourth-order valence-electron chi connectivity index (χ4n) is 12.2. The van der Waals surface area contributed by atoms with Crippen LogP contribution < -0.4 is 0 Å². The zero-order valence-corrected chi connectivity index (χ0v) is 26.2. The first-order valence-electron chi connectivity index (χ1n) is 16.0. The summed E-state index contributed by atoms with van der Waals surface area (Å²) in [5.41, 5.74) is 2.05. The van der Waals surface area contributed by atoms with Crippen molar-refractivity contribution in [3.63, 3.8) is 0 Å². The summed E-state index contributed by atoms with van der Waals surface area (Å²) in [7, 11) is 0. The summed E-state index contributed by atoms with van der Waals surface area (Å²) in [5.74, 6) is 2.26. The summed E-state index contributed by atoms with van der Waals surface area (Å²) in [6.07, 6.45) is 14.2. The average molecular weight is 551 g/mol. The van der Waals surface area contributed by atoms with Crippen molar-refractivity contribution in [2.75, 3.05) is 6.61 Å². The Morgan fingerprint density at radius 1 is 0.800 bits per heavy atom. The van der Waals surface area contributed by atoms with Crippen LogP contribution >= 0.6 is 0 Å². The molecule has 0 N–H and O–H groups in total. The minimum absolute atomic E-state index is 0.0456. The van der Waals surface area contributed by atoms with Gasteiger partial charge in [-0.05, 0) is 117 Å². The number of carbonyl (C=O) groups excluding carboxylic acids is 2. The lowest BCUT2D eigenvalue weighted by molar-refractivity contribution is -0.251. The SMILES string of the molecule is C=CC(=O)OC[C@]12CC[C@@H](C(=C)C)[C@@H]1[C@H]1CC[C@@H]3[C@@]4(C)CC[C@H](OC(=O)C=C)C(C)(C)[C@@H]4CC[C@@]3(C)[C@]1(C)CC2. The van der Waals surface area contributed by atoms with Gasteiger partial charge in [-0.25, -0.2) is 9.59 Å². The monoisotopic (exact) mass is 550 g/mol. The predicted octanol–water partition coefficient (Wildman–Crippen LogP) is 8.47. The molecule has 5 saturated carbocycles. The van der Waals surface area contributed by atoms with Gasteiger partial charge in [-0.15, -0.1) is 0 Å². The highest BCUT2D eigenvalue weighted by molar-refractivity contribution is 5.81. The molecule has 0 heterocycles. The second-order valence-corrected chi connectivity index (χ2v) is 15.8. The van der Waals surface area contributed by atoms with Crippen molar-refractivity contribution in [1.82, 2.24) is 0 Å². The molecule has 0 radical (unpaired) electrons. The summed E-state index contributed by atoms with van der Waals surface area (Å²) in [6.45, 7) is 27.1. The summed E-state index contributed by atoms with van der Waals surface area (Å²) in [5, 5.41) is 0. The van der Waals surface area contributed by atoms with Gasteiger partial charge in [-0.3, -0.25) is 0 Å². The molecule has 0 aromatic rings. The summed E-state index contributed by atoms with van der Waals surface area (Å²) in [4.78, 5) is 24.4. The molecule has 0 saturated heterocycles. The smallest absolute Gasteiger partial charge is 0.330 e. The van der Waals surface area contributed by atoms with Crippen molar-refractivity contribution in [3.05, 3.63) is 37.5 Å². The van der Waals surface area contributed by atoms with Gasteiger partial charge in [0.2, 0.25) is 0 Å². The Bertz CT molecular complexity index is 1090. The van der Waals surface area contributed by atoms with Crippen LogP contribution in [-0.2, 0) is 19.1 Å². The number of ether oxygens (including phenoxy) is 2. The molecular formula is C36H54O4. The van der Waals surface area contributed by atoms with Crippen molar-refractivity contribution >= 4 is 11.9 Å². The summed E-state index contributed by atoms with van der Waals surface area (Å²) < 4.78 is 11.8. The van der Waals surface area contributed by atoms with Gasteiger partial charge in [0, 0.05) is 23.0 Å². The van der Waals surface area contributed by atoms with Crippen molar-refractivity contribution in [1.29, 1.82) is 0 Å². The third kappa shape index (κ3) is 4.04. The molecule has 5 rings (SSSR count). The molecule has 5 aliphatic carbocycles. The molecule has 5 fully saturated rings. The van der Waals surface area contributed by atoms with Crippen LogP contribution in [0.5, 0.6) is 0 Å². The molecule has 40 heavy (non-hydrogen) atoms. The van der Waals surface area contributed by atoms with Crippen LogP contribution in [0.25, 0.3) is 0 Å². The number of esters is 2. The van der Waals surface area contributed by atoms with Gasteiger partial charge in [0.05, 0.1) is 6.61 Å². The van der Waals surface area contributed by atoms with E-state index in [-0.39, 0.29) is 45.1 Å². The molecule has 4 nitrogen and oxygen atoms in total. The van der Waals surface area contributed by atoms with Crippen LogP contribution in [0.15, 0.2) is 37.5 Å². The lowest BCUT2D eigenvalue weighted by Crippen LogP contribution is -2.67. The number of carbonyl (C=O) groups is 2. The van der Waals surface area contributed by atoms with Crippen molar-refractivity contribution in [3.8, 4) is 0 Å². The highest BCUT2D eigenvalue weighted by Gasteiger charge is 2.71. The summed E-state index contributed by atoms with van der Waals surface area (Å²) >= 11 is 0. The van der Waals surface area contributed by atoms with Crippen molar-refractivity contribution in [2.24, 2.45) is 56.7 Å². The molecule has 0 bridgehead atoms. The van der Waals surface area contributed by atoms with Crippen LogP contribution in [0.3, 0.4) is 0 Å². The van der Waals surface area contributed by atoms with Gasteiger partial charge >= 0.3 is 11.9 Å². The van der Waals surface area contributed by atoms with E-state index in [1.165, 1.54) is 49.8 Å². The Labute approximate surface area is 243 Å². The zero-order chi connectivity index (χ0) is 29.3. The molecule has 10 atom stereocenters. The lowest BCUT2D eigenvalue weighted by Gasteiger charge is -2.73. The Balaban J connectivity index is 1.48. The number of rotatable bonds is 6. The van der Waals surface area contributed by atoms with E-state index in [0.717, 1.165) is 32.1 Å². The largest absolute Gasteiger partial charge is 0.462 e.